The maximum Gasteiger partial charge on any atom is 0.258 e. The first-order valence-electron chi connectivity index (χ1n) is 9.72. The number of anilines is 1. The van der Waals surface area contributed by atoms with E-state index >= 15 is 0 Å². The van der Waals surface area contributed by atoms with Crippen LogP contribution in [0.4, 0.5) is 5.13 Å². The van der Waals surface area contributed by atoms with Gasteiger partial charge in [0.1, 0.15) is 0 Å². The number of fused-ring (bicyclic) bond motifs is 2. The van der Waals surface area contributed by atoms with Crippen LogP contribution in [0.3, 0.4) is 0 Å². The number of aryl methyl sites for hydroxylation is 2. The molecule has 1 N–H and O–H groups in total. The standard InChI is InChI=1S/C25H19N3OS/c1-15-6-5-7-17(12-15)22-14-19(18-8-3-4-9-20(18)26-22)24(29)28-25-27-21-11-10-16(2)13-23(21)30-25/h3-14H,1-2H3,(H,27,28,29). The van der Waals surface area contributed by atoms with Gasteiger partial charge in [-0.3, -0.25) is 10.1 Å². The molecule has 0 saturated heterocycles. The van der Waals surface area contributed by atoms with E-state index in [-0.39, 0.29) is 5.91 Å². The monoisotopic (exact) mass is 409 g/mol. The van der Waals surface area contributed by atoms with Crippen LogP contribution in [0, 0.1) is 13.8 Å². The van der Waals surface area contributed by atoms with Crippen LogP contribution in [-0.4, -0.2) is 15.9 Å². The Bertz CT molecular complexity index is 1420. The molecule has 5 heteroatoms. The lowest BCUT2D eigenvalue weighted by Gasteiger charge is -2.10. The second kappa shape index (κ2) is 7.35. The van der Waals surface area contributed by atoms with Crippen molar-refractivity contribution >= 4 is 43.5 Å². The molecule has 5 aromatic rings. The summed E-state index contributed by atoms with van der Waals surface area (Å²) < 4.78 is 1.06. The van der Waals surface area contributed by atoms with E-state index in [1.54, 1.807) is 0 Å². The molecule has 2 aromatic heterocycles. The number of aromatic nitrogens is 2. The third-order valence-electron chi connectivity index (χ3n) is 5.04. The maximum atomic E-state index is 13.3. The van der Waals surface area contributed by atoms with Crippen LogP contribution in [0.15, 0.2) is 72.8 Å². The Hall–Kier alpha value is -3.57. The lowest BCUT2D eigenvalue weighted by Crippen LogP contribution is -2.13. The van der Waals surface area contributed by atoms with Gasteiger partial charge in [-0.1, -0.05) is 59.4 Å². The number of rotatable bonds is 3. The predicted octanol–water partition coefficient (Wildman–Crippen LogP) is 6.38. The molecule has 3 aromatic carbocycles. The first-order chi connectivity index (χ1) is 14.6. The van der Waals surface area contributed by atoms with Crippen molar-refractivity contribution in [2.45, 2.75) is 13.8 Å². The normalized spacial score (nSPS) is 11.1. The summed E-state index contributed by atoms with van der Waals surface area (Å²) in [6.45, 7) is 4.10. The number of hydrogen-bond donors (Lipinski definition) is 1. The number of benzene rings is 3. The van der Waals surface area contributed by atoms with Crippen LogP contribution < -0.4 is 5.32 Å². The third-order valence-corrected chi connectivity index (χ3v) is 5.97. The van der Waals surface area contributed by atoms with E-state index in [1.807, 2.05) is 74.5 Å². The zero-order valence-corrected chi connectivity index (χ0v) is 17.5. The minimum Gasteiger partial charge on any atom is -0.298 e. The molecule has 2 heterocycles. The van der Waals surface area contributed by atoms with Crippen molar-refractivity contribution in [1.29, 1.82) is 0 Å². The van der Waals surface area contributed by atoms with Gasteiger partial charge in [0.25, 0.3) is 5.91 Å². The zero-order chi connectivity index (χ0) is 20.7. The fraction of sp³-hybridized carbons (Fsp3) is 0.0800. The zero-order valence-electron chi connectivity index (χ0n) is 16.6. The van der Waals surface area contributed by atoms with Crippen molar-refractivity contribution in [2.24, 2.45) is 0 Å². The van der Waals surface area contributed by atoms with Crippen LogP contribution in [-0.2, 0) is 0 Å². The first-order valence-corrected chi connectivity index (χ1v) is 10.5. The summed E-state index contributed by atoms with van der Waals surface area (Å²) in [6.07, 6.45) is 0. The quantitative estimate of drug-likeness (QED) is 0.376. The molecule has 0 aliphatic rings. The summed E-state index contributed by atoms with van der Waals surface area (Å²) in [5.74, 6) is -0.182. The predicted molar refractivity (Wildman–Crippen MR) is 124 cm³/mol. The number of carbonyl (C=O) groups is 1. The van der Waals surface area contributed by atoms with Gasteiger partial charge in [-0.25, -0.2) is 9.97 Å². The van der Waals surface area contributed by atoms with Crippen molar-refractivity contribution in [3.05, 3.63) is 89.5 Å². The Balaban J connectivity index is 1.58. The number of amides is 1. The van der Waals surface area contributed by atoms with Crippen molar-refractivity contribution in [1.82, 2.24) is 9.97 Å². The van der Waals surface area contributed by atoms with Crippen LogP contribution in [0.25, 0.3) is 32.4 Å². The molecule has 5 rings (SSSR count). The lowest BCUT2D eigenvalue weighted by atomic mass is 10.0. The number of carbonyl (C=O) groups excluding carboxylic acids is 1. The van der Waals surface area contributed by atoms with E-state index in [0.717, 1.165) is 37.9 Å². The summed E-state index contributed by atoms with van der Waals surface area (Å²) in [4.78, 5) is 22.6. The second-order valence-corrected chi connectivity index (χ2v) is 8.42. The summed E-state index contributed by atoms with van der Waals surface area (Å²) >= 11 is 1.48. The second-order valence-electron chi connectivity index (χ2n) is 7.39. The Morgan fingerprint density at radius 2 is 1.67 bits per heavy atom. The average molecular weight is 410 g/mol. The van der Waals surface area contributed by atoms with Crippen molar-refractivity contribution in [2.75, 3.05) is 5.32 Å². The number of hydrogen-bond acceptors (Lipinski definition) is 4. The van der Waals surface area contributed by atoms with Gasteiger partial charge >= 0.3 is 0 Å². The highest BCUT2D eigenvalue weighted by atomic mass is 32.1. The van der Waals surface area contributed by atoms with Crippen molar-refractivity contribution < 1.29 is 4.79 Å². The molecule has 0 unspecified atom stereocenters. The van der Waals surface area contributed by atoms with Gasteiger partial charge in [0, 0.05) is 10.9 Å². The average Bonchev–Trinajstić information content (AvgIpc) is 3.14. The highest BCUT2D eigenvalue weighted by Crippen LogP contribution is 2.29. The topological polar surface area (TPSA) is 54.9 Å². The molecule has 0 saturated carbocycles. The van der Waals surface area contributed by atoms with Crippen LogP contribution in [0.2, 0.25) is 0 Å². The van der Waals surface area contributed by atoms with Crippen LogP contribution in [0.1, 0.15) is 21.5 Å². The summed E-state index contributed by atoms with van der Waals surface area (Å²) in [7, 11) is 0. The molecular weight excluding hydrogens is 390 g/mol. The molecule has 0 aliphatic heterocycles. The minimum atomic E-state index is -0.182. The highest BCUT2D eigenvalue weighted by molar-refractivity contribution is 7.22. The van der Waals surface area contributed by atoms with Crippen molar-refractivity contribution in [3.63, 3.8) is 0 Å². The molecule has 146 valence electrons. The number of pyridine rings is 1. The molecule has 0 atom stereocenters. The smallest absolute Gasteiger partial charge is 0.258 e. The van der Waals surface area contributed by atoms with Gasteiger partial charge in [0.2, 0.25) is 0 Å². The molecule has 0 spiro atoms. The van der Waals surface area contributed by atoms with Crippen LogP contribution >= 0.6 is 11.3 Å². The highest BCUT2D eigenvalue weighted by Gasteiger charge is 2.16. The van der Waals surface area contributed by atoms with E-state index in [2.05, 4.69) is 22.4 Å². The summed E-state index contributed by atoms with van der Waals surface area (Å²) in [5.41, 5.74) is 6.37. The minimum absolute atomic E-state index is 0.182. The van der Waals surface area contributed by atoms with Gasteiger partial charge in [-0.05, 0) is 49.7 Å². The Labute approximate surface area is 178 Å². The number of para-hydroxylation sites is 1. The Kier molecular flexibility index (Phi) is 4.52. The maximum absolute atomic E-state index is 13.3. The number of nitrogens with one attached hydrogen (secondary N) is 1. The van der Waals surface area contributed by atoms with Crippen molar-refractivity contribution in [3.8, 4) is 11.3 Å². The van der Waals surface area contributed by atoms with E-state index in [4.69, 9.17) is 4.98 Å². The molecule has 0 aliphatic carbocycles. The first kappa shape index (κ1) is 18.5. The molecule has 0 radical (unpaired) electrons. The summed E-state index contributed by atoms with van der Waals surface area (Å²) in [5, 5.41) is 4.41. The van der Waals surface area contributed by atoms with Crippen LogP contribution in [0.5, 0.6) is 0 Å². The molecular formula is C25H19N3OS. The third kappa shape index (κ3) is 3.44. The van der Waals surface area contributed by atoms with Gasteiger partial charge in [-0.2, -0.15) is 0 Å². The van der Waals surface area contributed by atoms with Gasteiger partial charge in [-0.15, -0.1) is 0 Å². The fourth-order valence-corrected chi connectivity index (χ4v) is 4.52. The molecule has 0 fully saturated rings. The number of thiazole rings is 1. The Morgan fingerprint density at radius 1 is 0.833 bits per heavy atom. The summed E-state index contributed by atoms with van der Waals surface area (Å²) in [6, 6.07) is 23.8. The molecule has 1 amide bonds. The number of nitrogens with zero attached hydrogens (tertiary/aromatic N) is 2. The molecule has 30 heavy (non-hydrogen) atoms. The molecule has 4 nitrogen and oxygen atoms in total. The van der Waals surface area contributed by atoms with Gasteiger partial charge in [0.15, 0.2) is 5.13 Å². The van der Waals surface area contributed by atoms with E-state index < -0.39 is 0 Å². The van der Waals surface area contributed by atoms with E-state index in [9.17, 15) is 4.79 Å². The van der Waals surface area contributed by atoms with Gasteiger partial charge in [0.05, 0.1) is 27.0 Å². The lowest BCUT2D eigenvalue weighted by molar-refractivity contribution is 0.102. The van der Waals surface area contributed by atoms with E-state index in [0.29, 0.717) is 10.7 Å². The Morgan fingerprint density at radius 3 is 2.53 bits per heavy atom. The molecule has 0 bridgehead atoms. The largest absolute Gasteiger partial charge is 0.298 e. The fourth-order valence-electron chi connectivity index (χ4n) is 3.57. The van der Waals surface area contributed by atoms with E-state index in [1.165, 1.54) is 16.9 Å². The SMILES string of the molecule is Cc1cccc(-c2cc(C(=O)Nc3nc4ccc(C)cc4s3)c3ccccc3n2)c1. The van der Waals surface area contributed by atoms with Gasteiger partial charge < -0.3 is 0 Å².